The topological polar surface area (TPSA) is 41.1 Å². The lowest BCUT2D eigenvalue weighted by Crippen LogP contribution is -2.43. The lowest BCUT2D eigenvalue weighted by Gasteiger charge is -2.29. The van der Waals surface area contributed by atoms with Crippen LogP contribution in [0.25, 0.3) is 0 Å². The summed E-state index contributed by atoms with van der Waals surface area (Å²) in [5.74, 6) is 0.617. The molecule has 1 rings (SSSR count). The van der Waals surface area contributed by atoms with Crippen LogP contribution in [0.4, 0.5) is 0 Å². The summed E-state index contributed by atoms with van der Waals surface area (Å²) in [5.41, 5.74) is 0. The number of amides is 1. The molecule has 3 heteroatoms. The molecule has 2 N–H and O–H groups in total. The van der Waals surface area contributed by atoms with Gasteiger partial charge >= 0.3 is 0 Å². The highest BCUT2D eigenvalue weighted by molar-refractivity contribution is 5.72. The molecule has 13 heavy (non-hydrogen) atoms. The first kappa shape index (κ1) is 10.5. The Morgan fingerprint density at radius 3 is 2.92 bits per heavy atom. The average Bonchev–Trinajstić information content (AvgIpc) is 2.15. The van der Waals surface area contributed by atoms with E-state index in [-0.39, 0.29) is 5.91 Å². The molecule has 1 heterocycles. The maximum absolute atomic E-state index is 10.7. The molecule has 1 amide bonds. The monoisotopic (exact) mass is 184 g/mol. The van der Waals surface area contributed by atoms with Crippen molar-refractivity contribution in [2.45, 2.75) is 39.2 Å². The third-order valence-corrected chi connectivity index (χ3v) is 2.71. The van der Waals surface area contributed by atoms with Gasteiger partial charge in [0.15, 0.2) is 0 Å². The second-order valence-corrected chi connectivity index (χ2v) is 3.97. The van der Waals surface area contributed by atoms with E-state index in [9.17, 15) is 4.79 Å². The molecule has 3 nitrogen and oxygen atoms in total. The Morgan fingerprint density at radius 1 is 1.62 bits per heavy atom. The van der Waals surface area contributed by atoms with Crippen molar-refractivity contribution in [1.82, 2.24) is 10.6 Å². The summed E-state index contributed by atoms with van der Waals surface area (Å²) in [6.45, 7) is 5.70. The Kier molecular flexibility index (Phi) is 4.22. The van der Waals surface area contributed by atoms with Gasteiger partial charge in [0, 0.05) is 19.5 Å². The molecular weight excluding hydrogens is 164 g/mol. The summed E-state index contributed by atoms with van der Waals surface area (Å²) in [4.78, 5) is 10.7. The Labute approximate surface area is 80.3 Å². The third kappa shape index (κ3) is 3.77. The summed E-state index contributed by atoms with van der Waals surface area (Å²) >= 11 is 0. The second-order valence-electron chi connectivity index (χ2n) is 3.97. The van der Waals surface area contributed by atoms with Crippen molar-refractivity contribution in [2.24, 2.45) is 5.92 Å². The first-order valence-electron chi connectivity index (χ1n) is 5.18. The lowest BCUT2D eigenvalue weighted by molar-refractivity contribution is -0.119. The van der Waals surface area contributed by atoms with Gasteiger partial charge in [0.25, 0.3) is 0 Å². The summed E-state index contributed by atoms with van der Waals surface area (Å²) in [6, 6.07) is 0.598. The van der Waals surface area contributed by atoms with Crippen LogP contribution in [-0.2, 0) is 4.79 Å². The number of hydrogen-bond acceptors (Lipinski definition) is 2. The zero-order chi connectivity index (χ0) is 9.68. The van der Waals surface area contributed by atoms with E-state index < -0.39 is 0 Å². The fourth-order valence-electron chi connectivity index (χ4n) is 1.81. The van der Waals surface area contributed by atoms with Gasteiger partial charge in [-0.15, -0.1) is 0 Å². The minimum absolute atomic E-state index is 0.0719. The molecule has 1 aliphatic heterocycles. The van der Waals surface area contributed by atoms with Crippen molar-refractivity contribution < 1.29 is 4.79 Å². The van der Waals surface area contributed by atoms with Crippen molar-refractivity contribution in [3.8, 4) is 0 Å². The Balaban J connectivity index is 2.20. The minimum atomic E-state index is 0.0719. The SMILES string of the molecule is CC(=O)NCC(C)C1CCCCN1. The molecule has 0 bridgehead atoms. The number of rotatable bonds is 3. The number of hydrogen-bond donors (Lipinski definition) is 2. The van der Waals surface area contributed by atoms with Crippen molar-refractivity contribution in [3.05, 3.63) is 0 Å². The molecule has 0 saturated carbocycles. The van der Waals surface area contributed by atoms with Gasteiger partial charge in [-0.05, 0) is 25.3 Å². The largest absolute Gasteiger partial charge is 0.356 e. The van der Waals surface area contributed by atoms with Crippen LogP contribution in [-0.4, -0.2) is 25.0 Å². The predicted octanol–water partition coefficient (Wildman–Crippen LogP) is 0.901. The highest BCUT2D eigenvalue weighted by Crippen LogP contribution is 2.14. The molecule has 2 atom stereocenters. The van der Waals surface area contributed by atoms with Gasteiger partial charge in [-0.3, -0.25) is 4.79 Å². The van der Waals surface area contributed by atoms with E-state index >= 15 is 0 Å². The fraction of sp³-hybridized carbons (Fsp3) is 0.900. The van der Waals surface area contributed by atoms with Crippen molar-refractivity contribution in [1.29, 1.82) is 0 Å². The highest BCUT2D eigenvalue weighted by Gasteiger charge is 2.18. The molecule has 0 spiro atoms. The molecular formula is C10H20N2O. The second kappa shape index (κ2) is 5.22. The molecule has 1 aliphatic rings. The molecule has 0 aromatic rings. The van der Waals surface area contributed by atoms with Gasteiger partial charge in [0.05, 0.1) is 0 Å². The van der Waals surface area contributed by atoms with E-state index in [1.807, 2.05) is 0 Å². The molecule has 1 fully saturated rings. The van der Waals surface area contributed by atoms with Gasteiger partial charge in [-0.2, -0.15) is 0 Å². The van der Waals surface area contributed by atoms with Gasteiger partial charge in [-0.25, -0.2) is 0 Å². The van der Waals surface area contributed by atoms with Gasteiger partial charge < -0.3 is 10.6 Å². The molecule has 0 aromatic carbocycles. The molecule has 0 aliphatic carbocycles. The van der Waals surface area contributed by atoms with Gasteiger partial charge in [0.1, 0.15) is 0 Å². The van der Waals surface area contributed by atoms with E-state index in [0.29, 0.717) is 12.0 Å². The zero-order valence-electron chi connectivity index (χ0n) is 8.60. The smallest absolute Gasteiger partial charge is 0.216 e. The summed E-state index contributed by atoms with van der Waals surface area (Å²) in [5, 5.41) is 6.35. The van der Waals surface area contributed by atoms with Gasteiger partial charge in [-0.1, -0.05) is 13.3 Å². The number of piperidine rings is 1. The molecule has 76 valence electrons. The summed E-state index contributed by atoms with van der Waals surface area (Å²) in [7, 11) is 0. The van der Waals surface area contributed by atoms with E-state index in [1.165, 1.54) is 19.3 Å². The van der Waals surface area contributed by atoms with E-state index in [0.717, 1.165) is 13.1 Å². The number of carbonyl (C=O) groups is 1. The fourth-order valence-corrected chi connectivity index (χ4v) is 1.81. The number of carbonyl (C=O) groups excluding carboxylic acids is 1. The Hall–Kier alpha value is -0.570. The number of nitrogens with one attached hydrogen (secondary N) is 2. The van der Waals surface area contributed by atoms with Crippen LogP contribution in [0.3, 0.4) is 0 Å². The van der Waals surface area contributed by atoms with Gasteiger partial charge in [0.2, 0.25) is 5.91 Å². The minimum Gasteiger partial charge on any atom is -0.356 e. The maximum atomic E-state index is 10.7. The third-order valence-electron chi connectivity index (χ3n) is 2.71. The Bertz CT molecular complexity index is 164. The van der Waals surface area contributed by atoms with Crippen LogP contribution < -0.4 is 10.6 Å². The van der Waals surface area contributed by atoms with Crippen LogP contribution in [0.1, 0.15) is 33.1 Å². The zero-order valence-corrected chi connectivity index (χ0v) is 8.60. The molecule has 0 aromatic heterocycles. The van der Waals surface area contributed by atoms with Crippen LogP contribution in [0.15, 0.2) is 0 Å². The lowest BCUT2D eigenvalue weighted by atomic mass is 9.93. The first-order valence-corrected chi connectivity index (χ1v) is 5.18. The molecule has 0 radical (unpaired) electrons. The van der Waals surface area contributed by atoms with Crippen LogP contribution in [0.2, 0.25) is 0 Å². The van der Waals surface area contributed by atoms with Crippen LogP contribution >= 0.6 is 0 Å². The maximum Gasteiger partial charge on any atom is 0.216 e. The molecule has 2 unspecified atom stereocenters. The first-order chi connectivity index (χ1) is 6.20. The quantitative estimate of drug-likeness (QED) is 0.684. The predicted molar refractivity (Wildman–Crippen MR) is 53.5 cm³/mol. The Morgan fingerprint density at radius 2 is 2.38 bits per heavy atom. The van der Waals surface area contributed by atoms with E-state index in [2.05, 4.69) is 17.6 Å². The van der Waals surface area contributed by atoms with Crippen molar-refractivity contribution >= 4 is 5.91 Å². The highest BCUT2D eigenvalue weighted by atomic mass is 16.1. The summed E-state index contributed by atoms with van der Waals surface area (Å²) < 4.78 is 0. The standard InChI is InChI=1S/C10H20N2O/c1-8(7-12-9(2)13)10-5-3-4-6-11-10/h8,10-11H,3-7H2,1-2H3,(H,12,13). The average molecular weight is 184 g/mol. The van der Waals surface area contributed by atoms with Crippen molar-refractivity contribution in [2.75, 3.05) is 13.1 Å². The molecule has 1 saturated heterocycles. The van der Waals surface area contributed by atoms with E-state index in [4.69, 9.17) is 0 Å². The normalized spacial score (nSPS) is 25.2. The van der Waals surface area contributed by atoms with E-state index in [1.54, 1.807) is 6.92 Å². The van der Waals surface area contributed by atoms with Crippen molar-refractivity contribution in [3.63, 3.8) is 0 Å². The van der Waals surface area contributed by atoms with Crippen LogP contribution in [0, 0.1) is 5.92 Å². The van der Waals surface area contributed by atoms with Crippen LogP contribution in [0.5, 0.6) is 0 Å². The summed E-state index contributed by atoms with van der Waals surface area (Å²) in [6.07, 6.45) is 3.87.